The van der Waals surface area contributed by atoms with Crippen LogP contribution in [0.1, 0.15) is 29.3 Å². The van der Waals surface area contributed by atoms with E-state index in [4.69, 9.17) is 5.26 Å². The Labute approximate surface area is 108 Å². The lowest BCUT2D eigenvalue weighted by Crippen LogP contribution is -2.34. The lowest BCUT2D eigenvalue weighted by molar-refractivity contribution is 0.0936. The maximum Gasteiger partial charge on any atom is 0.251 e. The van der Waals surface area contributed by atoms with Gasteiger partial charge in [-0.15, -0.1) is 0 Å². The highest BCUT2D eigenvalue weighted by molar-refractivity contribution is 5.94. The third-order valence-electron chi connectivity index (χ3n) is 2.64. The Morgan fingerprint density at radius 1 is 1.50 bits per heavy atom. The molecule has 1 unspecified atom stereocenters. The summed E-state index contributed by atoms with van der Waals surface area (Å²) in [5.74, 6) is -0.127. The van der Waals surface area contributed by atoms with Crippen LogP contribution in [-0.2, 0) is 0 Å². The second-order valence-electron chi connectivity index (χ2n) is 4.66. The van der Waals surface area contributed by atoms with Crippen molar-refractivity contribution < 1.29 is 4.79 Å². The van der Waals surface area contributed by atoms with Crippen LogP contribution < -0.4 is 5.32 Å². The van der Waals surface area contributed by atoms with Crippen molar-refractivity contribution in [3.8, 4) is 6.07 Å². The minimum atomic E-state index is -0.127. The van der Waals surface area contributed by atoms with Gasteiger partial charge in [-0.05, 0) is 52.2 Å². The molecule has 1 aromatic carbocycles. The number of rotatable bonds is 5. The second kappa shape index (κ2) is 6.77. The summed E-state index contributed by atoms with van der Waals surface area (Å²) >= 11 is 0. The highest BCUT2D eigenvalue weighted by atomic mass is 16.1. The van der Waals surface area contributed by atoms with E-state index in [9.17, 15) is 4.79 Å². The summed E-state index contributed by atoms with van der Waals surface area (Å²) in [6.45, 7) is 2.91. The molecule has 1 atom stereocenters. The smallest absolute Gasteiger partial charge is 0.251 e. The second-order valence-corrected chi connectivity index (χ2v) is 4.66. The summed E-state index contributed by atoms with van der Waals surface area (Å²) in [5.41, 5.74) is 1.04. The van der Waals surface area contributed by atoms with Crippen LogP contribution in [0.15, 0.2) is 24.3 Å². The van der Waals surface area contributed by atoms with E-state index < -0.39 is 0 Å². The number of hydrogen-bond acceptors (Lipinski definition) is 3. The van der Waals surface area contributed by atoms with Crippen molar-refractivity contribution in [2.75, 3.05) is 20.6 Å². The maximum atomic E-state index is 11.9. The van der Waals surface area contributed by atoms with E-state index in [-0.39, 0.29) is 11.9 Å². The Hall–Kier alpha value is -1.86. The van der Waals surface area contributed by atoms with Crippen LogP contribution in [0.4, 0.5) is 0 Å². The lowest BCUT2D eigenvalue weighted by atomic mass is 10.1. The number of nitrogens with zero attached hydrogens (tertiary/aromatic N) is 2. The molecule has 0 radical (unpaired) electrons. The molecule has 0 aliphatic carbocycles. The first kappa shape index (κ1) is 14.2. The molecule has 0 aromatic heterocycles. The molecular weight excluding hydrogens is 226 g/mol. The number of carbonyl (C=O) groups is 1. The summed E-state index contributed by atoms with van der Waals surface area (Å²) < 4.78 is 0. The Bertz CT molecular complexity index is 449. The van der Waals surface area contributed by atoms with Gasteiger partial charge in [0.25, 0.3) is 5.91 Å². The average molecular weight is 245 g/mol. The van der Waals surface area contributed by atoms with E-state index >= 15 is 0 Å². The maximum absolute atomic E-state index is 11.9. The molecule has 0 bridgehead atoms. The van der Waals surface area contributed by atoms with Crippen LogP contribution in [0.3, 0.4) is 0 Å². The fourth-order valence-electron chi connectivity index (χ4n) is 1.56. The van der Waals surface area contributed by atoms with Crippen molar-refractivity contribution in [1.29, 1.82) is 5.26 Å². The number of hydrogen-bond donors (Lipinski definition) is 1. The topological polar surface area (TPSA) is 56.1 Å². The minimum absolute atomic E-state index is 0.116. The summed E-state index contributed by atoms with van der Waals surface area (Å²) in [6.07, 6.45) is 0.899. The van der Waals surface area contributed by atoms with Crippen molar-refractivity contribution in [2.45, 2.75) is 19.4 Å². The van der Waals surface area contributed by atoms with Crippen LogP contribution in [0.5, 0.6) is 0 Å². The Morgan fingerprint density at radius 2 is 2.22 bits per heavy atom. The third-order valence-corrected chi connectivity index (χ3v) is 2.64. The molecule has 0 heterocycles. The van der Waals surface area contributed by atoms with E-state index in [1.165, 1.54) is 0 Å². The predicted molar refractivity (Wildman–Crippen MR) is 71.3 cm³/mol. The molecule has 1 aromatic rings. The van der Waals surface area contributed by atoms with E-state index in [0.717, 1.165) is 13.0 Å². The Balaban J connectivity index is 2.57. The van der Waals surface area contributed by atoms with Crippen LogP contribution in [0.25, 0.3) is 0 Å². The molecule has 0 fully saturated rings. The van der Waals surface area contributed by atoms with Gasteiger partial charge in [-0.2, -0.15) is 5.26 Å². The van der Waals surface area contributed by atoms with Crippen LogP contribution >= 0.6 is 0 Å². The van der Waals surface area contributed by atoms with Crippen molar-refractivity contribution in [3.63, 3.8) is 0 Å². The lowest BCUT2D eigenvalue weighted by Gasteiger charge is -2.16. The van der Waals surface area contributed by atoms with Gasteiger partial charge in [-0.25, -0.2) is 0 Å². The van der Waals surface area contributed by atoms with Crippen molar-refractivity contribution in [2.24, 2.45) is 0 Å². The van der Waals surface area contributed by atoms with Crippen molar-refractivity contribution in [1.82, 2.24) is 10.2 Å². The molecule has 0 spiro atoms. The monoisotopic (exact) mass is 245 g/mol. The van der Waals surface area contributed by atoms with Gasteiger partial charge in [-0.3, -0.25) is 4.79 Å². The summed E-state index contributed by atoms with van der Waals surface area (Å²) in [5, 5.41) is 11.7. The fraction of sp³-hybridized carbons (Fsp3) is 0.429. The summed E-state index contributed by atoms with van der Waals surface area (Å²) in [4.78, 5) is 14.0. The van der Waals surface area contributed by atoms with Gasteiger partial charge in [-0.1, -0.05) is 6.07 Å². The van der Waals surface area contributed by atoms with E-state index in [1.807, 2.05) is 27.1 Å². The van der Waals surface area contributed by atoms with Crippen LogP contribution in [-0.4, -0.2) is 37.5 Å². The molecule has 1 rings (SSSR count). The number of nitriles is 1. The molecule has 1 N–H and O–H groups in total. The molecule has 1 amide bonds. The molecule has 0 saturated heterocycles. The van der Waals surface area contributed by atoms with Gasteiger partial charge < -0.3 is 10.2 Å². The first-order chi connectivity index (χ1) is 8.52. The Kier molecular flexibility index (Phi) is 5.34. The highest BCUT2D eigenvalue weighted by Gasteiger charge is 2.10. The standard InChI is InChI=1S/C14H19N3O/c1-11(7-8-17(2)3)16-14(18)13-6-4-5-12(9-13)10-15/h4-6,9,11H,7-8H2,1-3H3,(H,16,18). The van der Waals surface area contributed by atoms with Gasteiger partial charge in [0.15, 0.2) is 0 Å². The van der Waals surface area contributed by atoms with E-state index in [1.54, 1.807) is 24.3 Å². The fourth-order valence-corrected chi connectivity index (χ4v) is 1.56. The van der Waals surface area contributed by atoms with Crippen molar-refractivity contribution in [3.05, 3.63) is 35.4 Å². The van der Waals surface area contributed by atoms with Crippen molar-refractivity contribution >= 4 is 5.91 Å². The number of carbonyl (C=O) groups excluding carboxylic acids is 1. The third kappa shape index (κ3) is 4.56. The summed E-state index contributed by atoms with van der Waals surface area (Å²) in [6, 6.07) is 8.87. The zero-order valence-corrected chi connectivity index (χ0v) is 11.1. The quantitative estimate of drug-likeness (QED) is 0.857. The Morgan fingerprint density at radius 3 is 2.83 bits per heavy atom. The first-order valence-corrected chi connectivity index (χ1v) is 5.98. The number of nitrogens with one attached hydrogen (secondary N) is 1. The summed E-state index contributed by atoms with van der Waals surface area (Å²) in [7, 11) is 4.01. The molecule has 0 saturated carbocycles. The molecule has 18 heavy (non-hydrogen) atoms. The molecule has 4 heteroatoms. The molecule has 0 aliphatic heterocycles. The highest BCUT2D eigenvalue weighted by Crippen LogP contribution is 2.05. The normalized spacial score (nSPS) is 11.9. The molecule has 0 aliphatic rings. The average Bonchev–Trinajstić information content (AvgIpc) is 2.36. The van der Waals surface area contributed by atoms with Gasteiger partial charge in [0.05, 0.1) is 11.6 Å². The first-order valence-electron chi connectivity index (χ1n) is 5.98. The molecule has 4 nitrogen and oxygen atoms in total. The van der Waals surface area contributed by atoms with Gasteiger partial charge in [0.1, 0.15) is 0 Å². The van der Waals surface area contributed by atoms with Crippen LogP contribution in [0, 0.1) is 11.3 Å². The number of amides is 1. The predicted octanol–water partition coefficient (Wildman–Crippen LogP) is 1.63. The van der Waals surface area contributed by atoms with Gasteiger partial charge in [0.2, 0.25) is 0 Å². The minimum Gasteiger partial charge on any atom is -0.350 e. The molecular formula is C14H19N3O. The zero-order valence-electron chi connectivity index (χ0n) is 11.1. The SMILES string of the molecule is CC(CCN(C)C)NC(=O)c1cccc(C#N)c1. The van der Waals surface area contributed by atoms with E-state index in [0.29, 0.717) is 11.1 Å². The van der Waals surface area contributed by atoms with Gasteiger partial charge >= 0.3 is 0 Å². The number of benzene rings is 1. The zero-order chi connectivity index (χ0) is 13.5. The molecule has 96 valence electrons. The van der Waals surface area contributed by atoms with Crippen LogP contribution in [0.2, 0.25) is 0 Å². The van der Waals surface area contributed by atoms with Gasteiger partial charge in [0, 0.05) is 11.6 Å². The van der Waals surface area contributed by atoms with E-state index in [2.05, 4.69) is 10.2 Å². The largest absolute Gasteiger partial charge is 0.350 e.